The Hall–Kier alpha value is -6.70. The molecule has 11 rings (SSSR count). The minimum atomic E-state index is 0.249. The molecule has 0 radical (unpaired) electrons. The van der Waals surface area contributed by atoms with Crippen LogP contribution in [0.4, 0.5) is 17.1 Å². The molecule has 0 atom stereocenters. The number of benzene rings is 9. The average molecular weight is 716 g/mol. The standard InChI is InChI=1S/C55H41N/c1-5-13-51-39(9-1)19-20-40-10-2-6-14-52(40)55(51)43-23-17-37(18-24-43)44-25-27-46-36-49-34-45(26-28-47(49)35-48(46)33-44)38-29-31-50(32-30-38)56-53-15-7-3-11-41(53)21-22-42-12-4-8-16-54(42)56/h1-18,23-36,55H,19-22H2. The Morgan fingerprint density at radius 1 is 0.321 bits per heavy atom. The number of fused-ring (bicyclic) bond motifs is 6. The Kier molecular flexibility index (Phi) is 7.91. The number of nitrogens with zero attached hydrogens (tertiary/aromatic N) is 1. The summed E-state index contributed by atoms with van der Waals surface area (Å²) in [7, 11) is 0. The van der Waals surface area contributed by atoms with Gasteiger partial charge in [0.1, 0.15) is 0 Å². The van der Waals surface area contributed by atoms with Gasteiger partial charge in [-0.25, -0.2) is 0 Å². The van der Waals surface area contributed by atoms with Crippen LogP contribution in [0.5, 0.6) is 0 Å². The SMILES string of the molecule is c1ccc2c(c1)CCc1ccccc1C2c1ccc(-c2ccc3cc4cc(-c5ccc(N6c7ccccc7CCc7ccccc76)cc5)ccc4cc3c2)cc1. The molecule has 1 heterocycles. The summed E-state index contributed by atoms with van der Waals surface area (Å²) in [4.78, 5) is 2.44. The Bertz CT molecular complexity index is 2620. The lowest BCUT2D eigenvalue weighted by Gasteiger charge is -2.27. The van der Waals surface area contributed by atoms with Crippen LogP contribution >= 0.6 is 0 Å². The zero-order valence-electron chi connectivity index (χ0n) is 31.3. The highest BCUT2D eigenvalue weighted by atomic mass is 15.1. The largest absolute Gasteiger partial charge is 0.310 e. The number of hydrogen-bond acceptors (Lipinski definition) is 1. The molecule has 1 aliphatic carbocycles. The maximum atomic E-state index is 2.44. The number of anilines is 3. The summed E-state index contributed by atoms with van der Waals surface area (Å²) in [5.41, 5.74) is 18.6. The predicted molar refractivity (Wildman–Crippen MR) is 236 cm³/mol. The molecule has 0 saturated heterocycles. The highest BCUT2D eigenvalue weighted by Gasteiger charge is 2.25. The lowest BCUT2D eigenvalue weighted by molar-refractivity contribution is 0.965. The van der Waals surface area contributed by atoms with E-state index < -0.39 is 0 Å². The van der Waals surface area contributed by atoms with Crippen LogP contribution in [0.25, 0.3) is 43.8 Å². The zero-order valence-corrected chi connectivity index (χ0v) is 31.3. The fraction of sp³-hybridized carbons (Fsp3) is 0.0909. The third-order valence-corrected chi connectivity index (χ3v) is 12.4. The van der Waals surface area contributed by atoms with Crippen molar-refractivity contribution in [1.29, 1.82) is 0 Å². The molecule has 266 valence electrons. The van der Waals surface area contributed by atoms with E-state index in [-0.39, 0.29) is 5.92 Å². The van der Waals surface area contributed by atoms with Crippen LogP contribution in [-0.4, -0.2) is 0 Å². The summed E-state index contributed by atoms with van der Waals surface area (Å²) in [6, 6.07) is 72.7. The van der Waals surface area contributed by atoms with Crippen LogP contribution < -0.4 is 4.90 Å². The summed E-state index contributed by atoms with van der Waals surface area (Å²) < 4.78 is 0. The maximum Gasteiger partial charge on any atom is 0.0493 e. The van der Waals surface area contributed by atoms with E-state index in [0.29, 0.717) is 0 Å². The molecule has 9 aromatic rings. The van der Waals surface area contributed by atoms with Gasteiger partial charge in [-0.1, -0.05) is 146 Å². The lowest BCUT2D eigenvalue weighted by atomic mass is 9.82. The first-order chi connectivity index (χ1) is 27.7. The number of aryl methyl sites for hydroxylation is 4. The van der Waals surface area contributed by atoms with Crippen molar-refractivity contribution in [2.45, 2.75) is 31.6 Å². The zero-order chi connectivity index (χ0) is 37.0. The van der Waals surface area contributed by atoms with Gasteiger partial charge in [-0.3, -0.25) is 0 Å². The summed E-state index contributed by atoms with van der Waals surface area (Å²) in [6.45, 7) is 0. The Labute approximate surface area is 329 Å². The second-order valence-corrected chi connectivity index (χ2v) is 15.6. The smallest absolute Gasteiger partial charge is 0.0493 e. The summed E-state index contributed by atoms with van der Waals surface area (Å²) >= 11 is 0. The van der Waals surface area contributed by atoms with Crippen LogP contribution in [0.15, 0.2) is 194 Å². The van der Waals surface area contributed by atoms with Gasteiger partial charge in [0, 0.05) is 23.0 Å². The molecule has 0 N–H and O–H groups in total. The van der Waals surface area contributed by atoms with E-state index in [1.165, 1.54) is 99.8 Å². The normalized spacial score (nSPS) is 13.7. The van der Waals surface area contributed by atoms with E-state index in [9.17, 15) is 0 Å². The van der Waals surface area contributed by atoms with Gasteiger partial charge >= 0.3 is 0 Å². The molecule has 1 nitrogen and oxygen atoms in total. The molecule has 2 aliphatic rings. The van der Waals surface area contributed by atoms with E-state index in [1.807, 2.05) is 0 Å². The summed E-state index contributed by atoms with van der Waals surface area (Å²) in [5, 5.41) is 5.04. The first-order valence-electron chi connectivity index (χ1n) is 20.0. The van der Waals surface area contributed by atoms with E-state index in [0.717, 1.165) is 25.7 Å². The molecular weight excluding hydrogens is 675 g/mol. The lowest BCUT2D eigenvalue weighted by Crippen LogP contribution is -2.11. The van der Waals surface area contributed by atoms with Crippen molar-refractivity contribution in [2.75, 3.05) is 4.90 Å². The van der Waals surface area contributed by atoms with Gasteiger partial charge < -0.3 is 4.90 Å². The fourth-order valence-corrected chi connectivity index (χ4v) is 9.47. The molecule has 0 aromatic heterocycles. The number of rotatable bonds is 4. The highest BCUT2D eigenvalue weighted by Crippen LogP contribution is 2.43. The van der Waals surface area contributed by atoms with Gasteiger partial charge in [-0.2, -0.15) is 0 Å². The molecule has 0 fully saturated rings. The van der Waals surface area contributed by atoms with Gasteiger partial charge in [0.05, 0.1) is 0 Å². The van der Waals surface area contributed by atoms with Crippen molar-refractivity contribution < 1.29 is 0 Å². The van der Waals surface area contributed by atoms with Crippen LogP contribution in [0.3, 0.4) is 0 Å². The molecule has 1 heteroatoms. The van der Waals surface area contributed by atoms with Crippen molar-refractivity contribution in [3.63, 3.8) is 0 Å². The van der Waals surface area contributed by atoms with Crippen molar-refractivity contribution >= 4 is 38.6 Å². The van der Waals surface area contributed by atoms with E-state index in [1.54, 1.807) is 0 Å². The third-order valence-electron chi connectivity index (χ3n) is 12.4. The van der Waals surface area contributed by atoms with Crippen molar-refractivity contribution in [1.82, 2.24) is 0 Å². The maximum absolute atomic E-state index is 2.44. The van der Waals surface area contributed by atoms with Gasteiger partial charge in [-0.15, -0.1) is 0 Å². The predicted octanol–water partition coefficient (Wildman–Crippen LogP) is 14.2. The van der Waals surface area contributed by atoms with Crippen LogP contribution in [0.1, 0.15) is 44.9 Å². The van der Waals surface area contributed by atoms with E-state index in [4.69, 9.17) is 0 Å². The molecule has 0 saturated carbocycles. The Balaban J connectivity index is 0.888. The third kappa shape index (κ3) is 5.71. The van der Waals surface area contributed by atoms with Gasteiger partial charge in [0.15, 0.2) is 0 Å². The fourth-order valence-electron chi connectivity index (χ4n) is 9.47. The minimum absolute atomic E-state index is 0.249. The Morgan fingerprint density at radius 2 is 0.732 bits per heavy atom. The first-order valence-corrected chi connectivity index (χ1v) is 20.0. The number of para-hydroxylation sites is 2. The monoisotopic (exact) mass is 715 g/mol. The van der Waals surface area contributed by atoms with Crippen molar-refractivity contribution in [3.8, 4) is 22.3 Å². The number of hydrogen-bond donors (Lipinski definition) is 0. The first kappa shape index (κ1) is 32.7. The quantitative estimate of drug-likeness (QED) is 0.164. The van der Waals surface area contributed by atoms with Crippen molar-refractivity contribution in [3.05, 3.63) is 233 Å². The van der Waals surface area contributed by atoms with Gasteiger partial charge in [0.2, 0.25) is 0 Å². The van der Waals surface area contributed by atoms with Gasteiger partial charge in [0.25, 0.3) is 0 Å². The topological polar surface area (TPSA) is 3.24 Å². The van der Waals surface area contributed by atoms with Crippen molar-refractivity contribution in [2.24, 2.45) is 0 Å². The van der Waals surface area contributed by atoms with Crippen LogP contribution in [0, 0.1) is 0 Å². The highest BCUT2D eigenvalue weighted by molar-refractivity contribution is 6.01. The van der Waals surface area contributed by atoms with E-state index in [2.05, 4.69) is 199 Å². The molecule has 0 unspecified atom stereocenters. The average Bonchev–Trinajstić information content (AvgIpc) is 3.54. The molecule has 0 amide bonds. The molecule has 9 aromatic carbocycles. The molecular formula is C55H41N. The minimum Gasteiger partial charge on any atom is -0.310 e. The molecule has 0 spiro atoms. The molecule has 1 aliphatic heterocycles. The second-order valence-electron chi connectivity index (χ2n) is 15.6. The van der Waals surface area contributed by atoms with Gasteiger partial charge in [-0.05, 0) is 157 Å². The van der Waals surface area contributed by atoms with Crippen LogP contribution in [0.2, 0.25) is 0 Å². The summed E-state index contributed by atoms with van der Waals surface area (Å²) in [5.74, 6) is 0.249. The Morgan fingerprint density at radius 3 is 1.25 bits per heavy atom. The van der Waals surface area contributed by atoms with Crippen LogP contribution in [-0.2, 0) is 25.7 Å². The summed E-state index contributed by atoms with van der Waals surface area (Å²) in [6.07, 6.45) is 4.28. The molecule has 56 heavy (non-hydrogen) atoms. The second kappa shape index (κ2) is 13.6. The van der Waals surface area contributed by atoms with E-state index >= 15 is 0 Å². The molecule has 0 bridgehead atoms.